The number of rotatable bonds is 7. The number of para-hydroxylation sites is 1. The summed E-state index contributed by atoms with van der Waals surface area (Å²) in [6.45, 7) is 1.09. The lowest BCUT2D eigenvalue weighted by atomic mass is 10.1. The van der Waals surface area contributed by atoms with Crippen molar-refractivity contribution in [2.24, 2.45) is 0 Å². The van der Waals surface area contributed by atoms with Crippen LogP contribution in [0.3, 0.4) is 0 Å². The Hall–Kier alpha value is -1.95. The van der Waals surface area contributed by atoms with Crippen LogP contribution in [-0.2, 0) is 16.0 Å². The highest BCUT2D eigenvalue weighted by molar-refractivity contribution is 5.69. The van der Waals surface area contributed by atoms with Gasteiger partial charge in [-0.1, -0.05) is 18.2 Å². The fourth-order valence-corrected chi connectivity index (χ4v) is 1.54. The van der Waals surface area contributed by atoms with Crippen molar-refractivity contribution in [3.63, 3.8) is 0 Å². The van der Waals surface area contributed by atoms with Gasteiger partial charge in [-0.15, -0.1) is 0 Å². The maximum atomic E-state index is 10.8. The molecule has 0 radical (unpaired) electrons. The molecule has 1 rings (SSSR count). The predicted molar refractivity (Wildman–Crippen MR) is 66.3 cm³/mol. The number of nitrogens with zero attached hydrogens (tertiary/aromatic N) is 1. The highest BCUT2D eigenvalue weighted by atomic mass is 16.6. The Morgan fingerprint density at radius 1 is 1.39 bits per heavy atom. The van der Waals surface area contributed by atoms with Crippen molar-refractivity contribution >= 4 is 11.7 Å². The normalized spacial score (nSPS) is 10.1. The van der Waals surface area contributed by atoms with Gasteiger partial charge in [-0.25, -0.2) is 0 Å². The lowest BCUT2D eigenvalue weighted by Gasteiger charge is -2.04. The van der Waals surface area contributed by atoms with Crippen LogP contribution in [0.25, 0.3) is 0 Å². The number of ether oxygens (including phenoxy) is 1. The summed E-state index contributed by atoms with van der Waals surface area (Å²) in [5, 5.41) is 13.8. The van der Waals surface area contributed by atoms with E-state index in [9.17, 15) is 14.9 Å². The van der Waals surface area contributed by atoms with Crippen molar-refractivity contribution in [1.29, 1.82) is 0 Å². The van der Waals surface area contributed by atoms with Gasteiger partial charge in [0.2, 0.25) is 0 Å². The van der Waals surface area contributed by atoms with Crippen LogP contribution in [-0.4, -0.2) is 31.1 Å². The van der Waals surface area contributed by atoms with E-state index < -0.39 is 0 Å². The van der Waals surface area contributed by atoms with Crippen LogP contribution in [0.4, 0.5) is 5.69 Å². The Morgan fingerprint density at radius 3 is 2.78 bits per heavy atom. The first-order valence-corrected chi connectivity index (χ1v) is 5.65. The molecule has 0 bridgehead atoms. The van der Waals surface area contributed by atoms with E-state index in [1.54, 1.807) is 18.2 Å². The molecule has 18 heavy (non-hydrogen) atoms. The Bertz CT molecular complexity index is 420. The van der Waals surface area contributed by atoms with Crippen LogP contribution in [0.5, 0.6) is 0 Å². The Kier molecular flexibility index (Phi) is 5.79. The molecule has 0 amide bonds. The number of methoxy groups -OCH3 is 1. The Morgan fingerprint density at radius 2 is 2.11 bits per heavy atom. The van der Waals surface area contributed by atoms with Gasteiger partial charge in [0.25, 0.3) is 5.69 Å². The molecule has 0 atom stereocenters. The number of hydrogen-bond acceptors (Lipinski definition) is 5. The molecule has 0 aliphatic carbocycles. The molecule has 1 aromatic rings. The first kappa shape index (κ1) is 14.1. The van der Waals surface area contributed by atoms with Gasteiger partial charge < -0.3 is 10.1 Å². The van der Waals surface area contributed by atoms with E-state index in [1.165, 1.54) is 13.2 Å². The maximum Gasteiger partial charge on any atom is 0.306 e. The minimum Gasteiger partial charge on any atom is -0.469 e. The molecule has 0 saturated carbocycles. The standard InChI is InChI=1S/C12H16N2O4/c1-18-12(15)7-9-13-8-6-10-4-2-3-5-11(10)14(16)17/h2-5,13H,6-9H2,1H3. The highest BCUT2D eigenvalue weighted by Crippen LogP contribution is 2.17. The molecular formula is C12H16N2O4. The molecular weight excluding hydrogens is 236 g/mol. The SMILES string of the molecule is COC(=O)CCNCCc1ccccc1[N+](=O)[O-]. The number of carbonyl (C=O) groups is 1. The fraction of sp³-hybridized carbons (Fsp3) is 0.417. The average Bonchev–Trinajstić information content (AvgIpc) is 2.38. The zero-order valence-corrected chi connectivity index (χ0v) is 10.2. The minimum atomic E-state index is -0.385. The monoisotopic (exact) mass is 252 g/mol. The molecule has 1 aromatic carbocycles. The van der Waals surface area contributed by atoms with Crippen molar-refractivity contribution in [3.05, 3.63) is 39.9 Å². The van der Waals surface area contributed by atoms with Gasteiger partial charge in [-0.3, -0.25) is 14.9 Å². The van der Waals surface area contributed by atoms with Crippen LogP contribution in [0, 0.1) is 10.1 Å². The van der Waals surface area contributed by atoms with Crippen molar-refractivity contribution in [1.82, 2.24) is 5.32 Å². The summed E-state index contributed by atoms with van der Waals surface area (Å²) in [6, 6.07) is 6.65. The van der Waals surface area contributed by atoms with E-state index in [4.69, 9.17) is 0 Å². The molecule has 0 fully saturated rings. The van der Waals surface area contributed by atoms with E-state index in [2.05, 4.69) is 10.1 Å². The van der Waals surface area contributed by atoms with Gasteiger partial charge in [0, 0.05) is 18.2 Å². The summed E-state index contributed by atoms with van der Waals surface area (Å²) in [6.07, 6.45) is 0.853. The maximum absolute atomic E-state index is 10.8. The van der Waals surface area contributed by atoms with Gasteiger partial charge in [0.05, 0.1) is 18.5 Å². The number of nitrogens with one attached hydrogen (secondary N) is 1. The second-order valence-electron chi connectivity index (χ2n) is 3.71. The van der Waals surface area contributed by atoms with Crippen molar-refractivity contribution in [2.75, 3.05) is 20.2 Å². The van der Waals surface area contributed by atoms with Gasteiger partial charge in [-0.2, -0.15) is 0 Å². The lowest BCUT2D eigenvalue weighted by molar-refractivity contribution is -0.385. The van der Waals surface area contributed by atoms with Gasteiger partial charge in [-0.05, 0) is 13.0 Å². The van der Waals surface area contributed by atoms with E-state index in [0.29, 0.717) is 31.5 Å². The molecule has 0 heterocycles. The van der Waals surface area contributed by atoms with Crippen LogP contribution >= 0.6 is 0 Å². The third-order valence-electron chi connectivity index (χ3n) is 2.49. The summed E-state index contributed by atoms with van der Waals surface area (Å²) >= 11 is 0. The second kappa shape index (κ2) is 7.39. The molecule has 0 saturated heterocycles. The van der Waals surface area contributed by atoms with Crippen molar-refractivity contribution < 1.29 is 14.5 Å². The summed E-state index contributed by atoms with van der Waals surface area (Å²) in [5.41, 5.74) is 0.820. The first-order chi connectivity index (χ1) is 8.65. The number of carbonyl (C=O) groups excluding carboxylic acids is 1. The summed E-state index contributed by atoms with van der Waals surface area (Å²) in [5.74, 6) is -0.270. The predicted octanol–water partition coefficient (Wildman–Crippen LogP) is 1.29. The first-order valence-electron chi connectivity index (χ1n) is 5.65. The van der Waals surface area contributed by atoms with E-state index in [-0.39, 0.29) is 16.6 Å². The fourth-order valence-electron chi connectivity index (χ4n) is 1.54. The Labute approximate surface area is 105 Å². The average molecular weight is 252 g/mol. The molecule has 0 spiro atoms. The molecule has 6 heteroatoms. The van der Waals surface area contributed by atoms with Crippen molar-refractivity contribution in [3.8, 4) is 0 Å². The zero-order valence-electron chi connectivity index (χ0n) is 10.2. The minimum absolute atomic E-state index is 0.132. The topological polar surface area (TPSA) is 81.5 Å². The molecule has 0 aliphatic heterocycles. The molecule has 0 unspecified atom stereocenters. The molecule has 98 valence electrons. The lowest BCUT2D eigenvalue weighted by Crippen LogP contribution is -2.21. The third-order valence-corrected chi connectivity index (χ3v) is 2.49. The molecule has 0 aromatic heterocycles. The second-order valence-corrected chi connectivity index (χ2v) is 3.71. The van der Waals surface area contributed by atoms with Crippen LogP contribution in [0.1, 0.15) is 12.0 Å². The number of benzene rings is 1. The molecule has 0 aliphatic rings. The summed E-state index contributed by atoms with van der Waals surface area (Å²) < 4.78 is 4.50. The van der Waals surface area contributed by atoms with Crippen molar-refractivity contribution in [2.45, 2.75) is 12.8 Å². The van der Waals surface area contributed by atoms with E-state index >= 15 is 0 Å². The smallest absolute Gasteiger partial charge is 0.306 e. The summed E-state index contributed by atoms with van der Waals surface area (Å²) in [7, 11) is 1.34. The summed E-state index contributed by atoms with van der Waals surface area (Å²) in [4.78, 5) is 21.2. The van der Waals surface area contributed by atoms with Gasteiger partial charge in [0.15, 0.2) is 0 Å². The van der Waals surface area contributed by atoms with E-state index in [0.717, 1.165) is 0 Å². The van der Waals surface area contributed by atoms with Crippen LogP contribution in [0.2, 0.25) is 0 Å². The highest BCUT2D eigenvalue weighted by Gasteiger charge is 2.11. The van der Waals surface area contributed by atoms with E-state index in [1.807, 2.05) is 0 Å². The number of hydrogen-bond donors (Lipinski definition) is 1. The van der Waals surface area contributed by atoms with Gasteiger partial charge in [0.1, 0.15) is 0 Å². The van der Waals surface area contributed by atoms with Crippen LogP contribution < -0.4 is 5.32 Å². The quantitative estimate of drug-likeness (QED) is 0.342. The van der Waals surface area contributed by atoms with Crippen LogP contribution in [0.15, 0.2) is 24.3 Å². The number of esters is 1. The third kappa shape index (κ3) is 4.50. The number of nitro groups is 1. The molecule has 1 N–H and O–H groups in total. The Balaban J connectivity index is 2.35. The number of nitro benzene ring substituents is 1. The molecule has 6 nitrogen and oxygen atoms in total. The van der Waals surface area contributed by atoms with Gasteiger partial charge >= 0.3 is 5.97 Å². The largest absolute Gasteiger partial charge is 0.469 e. The zero-order chi connectivity index (χ0) is 13.4.